The van der Waals surface area contributed by atoms with Crippen LogP contribution in [-0.4, -0.2) is 9.97 Å². The zero-order valence-corrected chi connectivity index (χ0v) is 13.3. The summed E-state index contributed by atoms with van der Waals surface area (Å²) < 4.78 is 0. The molecule has 0 aliphatic carbocycles. The third kappa shape index (κ3) is 3.38. The summed E-state index contributed by atoms with van der Waals surface area (Å²) in [5.41, 5.74) is 7.53. The van der Waals surface area contributed by atoms with Gasteiger partial charge in [0.05, 0.1) is 26.4 Å². The van der Waals surface area contributed by atoms with Gasteiger partial charge in [-0.3, -0.25) is 0 Å². The van der Waals surface area contributed by atoms with Crippen LogP contribution in [0.3, 0.4) is 0 Å². The molecule has 2 aromatic heterocycles. The van der Waals surface area contributed by atoms with Gasteiger partial charge < -0.3 is 5.73 Å². The average Bonchev–Trinajstić information content (AvgIpc) is 2.74. The first-order valence-electron chi connectivity index (χ1n) is 5.82. The van der Waals surface area contributed by atoms with Crippen molar-refractivity contribution in [2.75, 3.05) is 5.73 Å². The summed E-state index contributed by atoms with van der Waals surface area (Å²) in [4.78, 5) is 8.84. The molecule has 2 aromatic rings. The molecule has 0 aliphatic heterocycles. The first-order valence-corrected chi connectivity index (χ1v) is 7.46. The van der Waals surface area contributed by atoms with E-state index in [-0.39, 0.29) is 5.41 Å². The lowest BCUT2D eigenvalue weighted by molar-refractivity contribution is 0.571. The summed E-state index contributed by atoms with van der Waals surface area (Å²) in [7, 11) is 0. The summed E-state index contributed by atoms with van der Waals surface area (Å²) in [5, 5.41) is 3.94. The largest absolute Gasteiger partial charge is 0.382 e. The van der Waals surface area contributed by atoms with Gasteiger partial charge in [0.25, 0.3) is 0 Å². The molecule has 0 bridgehead atoms. The first kappa shape index (κ1) is 14.6. The quantitative estimate of drug-likeness (QED) is 0.898. The molecule has 6 heteroatoms. The van der Waals surface area contributed by atoms with Crippen molar-refractivity contribution in [1.82, 2.24) is 9.97 Å². The normalized spacial score (nSPS) is 11.8. The van der Waals surface area contributed by atoms with E-state index in [2.05, 4.69) is 36.1 Å². The van der Waals surface area contributed by atoms with Crippen molar-refractivity contribution in [3.8, 4) is 0 Å². The van der Waals surface area contributed by atoms with E-state index in [0.29, 0.717) is 28.0 Å². The van der Waals surface area contributed by atoms with Gasteiger partial charge in [-0.15, -0.1) is 11.3 Å². The van der Waals surface area contributed by atoms with Gasteiger partial charge in [-0.2, -0.15) is 0 Å². The van der Waals surface area contributed by atoms with Crippen molar-refractivity contribution < 1.29 is 0 Å². The van der Waals surface area contributed by atoms with Crippen molar-refractivity contribution in [2.24, 2.45) is 0 Å². The van der Waals surface area contributed by atoms with Crippen molar-refractivity contribution >= 4 is 40.4 Å². The van der Waals surface area contributed by atoms with Crippen LogP contribution in [0.1, 0.15) is 37.2 Å². The lowest BCUT2D eigenvalue weighted by Crippen LogP contribution is -2.11. The minimum atomic E-state index is 0.0466. The second kappa shape index (κ2) is 5.27. The topological polar surface area (TPSA) is 51.8 Å². The smallest absolute Gasteiger partial charge is 0.142 e. The van der Waals surface area contributed by atoms with E-state index in [0.717, 1.165) is 10.7 Å². The number of rotatable bonds is 2. The lowest BCUT2D eigenvalue weighted by atomic mass is 9.93. The van der Waals surface area contributed by atoms with Crippen molar-refractivity contribution in [1.29, 1.82) is 0 Å². The summed E-state index contributed by atoms with van der Waals surface area (Å²) in [6.07, 6.45) is 0.570. The lowest BCUT2D eigenvalue weighted by Gasteiger charge is -2.14. The van der Waals surface area contributed by atoms with Crippen LogP contribution in [0.25, 0.3) is 0 Å². The maximum atomic E-state index is 6.12. The van der Waals surface area contributed by atoms with E-state index in [1.807, 2.05) is 0 Å². The Morgan fingerprint density at radius 2 is 1.89 bits per heavy atom. The standard InChI is InChI=1S/C13H15Cl2N3S/c1-13(2,3)10-6-19-11(18-10)5-9-7(14)4-8(15)12(16)17-9/h4,6H,5H2,1-3H3,(H2,16,17). The molecular formula is C13H15Cl2N3S. The number of thiazole rings is 1. The molecule has 0 aliphatic rings. The SMILES string of the molecule is CC(C)(C)c1csc(Cc2nc(N)c(Cl)cc2Cl)n1. The maximum Gasteiger partial charge on any atom is 0.142 e. The van der Waals surface area contributed by atoms with Crippen LogP contribution >= 0.6 is 34.5 Å². The molecule has 0 radical (unpaired) electrons. The van der Waals surface area contributed by atoms with Crippen LogP contribution in [0.5, 0.6) is 0 Å². The Balaban J connectivity index is 2.27. The molecular weight excluding hydrogens is 301 g/mol. The molecule has 0 spiro atoms. The fourth-order valence-corrected chi connectivity index (χ4v) is 2.97. The van der Waals surface area contributed by atoms with E-state index in [4.69, 9.17) is 28.9 Å². The minimum absolute atomic E-state index is 0.0466. The van der Waals surface area contributed by atoms with Gasteiger partial charge in [0.15, 0.2) is 0 Å². The summed E-state index contributed by atoms with van der Waals surface area (Å²) in [5.74, 6) is 0.300. The Morgan fingerprint density at radius 3 is 2.47 bits per heavy atom. The molecule has 2 rings (SSSR count). The molecule has 102 valence electrons. The van der Waals surface area contributed by atoms with E-state index >= 15 is 0 Å². The van der Waals surface area contributed by atoms with Gasteiger partial charge in [-0.1, -0.05) is 44.0 Å². The summed E-state index contributed by atoms with van der Waals surface area (Å²) in [6.45, 7) is 6.41. The van der Waals surface area contributed by atoms with E-state index in [1.165, 1.54) is 0 Å². The molecule has 3 nitrogen and oxygen atoms in total. The molecule has 0 aromatic carbocycles. The third-order valence-corrected chi connectivity index (χ3v) is 4.15. The number of pyridine rings is 1. The molecule has 0 saturated carbocycles. The number of anilines is 1. The Kier molecular flexibility index (Phi) is 4.04. The van der Waals surface area contributed by atoms with Gasteiger partial charge in [-0.05, 0) is 6.07 Å². The molecule has 0 saturated heterocycles. The van der Waals surface area contributed by atoms with Crippen LogP contribution in [0, 0.1) is 0 Å². The summed E-state index contributed by atoms with van der Waals surface area (Å²) in [6, 6.07) is 1.62. The predicted octanol–water partition coefficient (Wildman–Crippen LogP) is 4.32. The monoisotopic (exact) mass is 315 g/mol. The second-order valence-electron chi connectivity index (χ2n) is 5.34. The number of nitrogens with two attached hydrogens (primary N) is 1. The first-order chi connectivity index (χ1) is 8.77. The van der Waals surface area contributed by atoms with Gasteiger partial charge in [0.1, 0.15) is 5.82 Å². The Hall–Kier alpha value is -0.840. The summed E-state index contributed by atoms with van der Waals surface area (Å²) >= 11 is 13.6. The van der Waals surface area contributed by atoms with Crippen LogP contribution in [0.15, 0.2) is 11.4 Å². The molecule has 0 amide bonds. The number of aromatic nitrogens is 2. The molecule has 2 N–H and O–H groups in total. The van der Waals surface area contributed by atoms with Gasteiger partial charge >= 0.3 is 0 Å². The fraction of sp³-hybridized carbons (Fsp3) is 0.385. The zero-order valence-electron chi connectivity index (χ0n) is 11.0. The minimum Gasteiger partial charge on any atom is -0.382 e. The molecule has 2 heterocycles. The van der Waals surface area contributed by atoms with Gasteiger partial charge in [-0.25, -0.2) is 9.97 Å². The van der Waals surface area contributed by atoms with E-state index < -0.39 is 0 Å². The highest BCUT2D eigenvalue weighted by Crippen LogP contribution is 2.28. The highest BCUT2D eigenvalue weighted by molar-refractivity contribution is 7.09. The zero-order chi connectivity index (χ0) is 14.2. The number of hydrogen-bond acceptors (Lipinski definition) is 4. The van der Waals surface area contributed by atoms with Crippen LogP contribution in [0.4, 0.5) is 5.82 Å². The van der Waals surface area contributed by atoms with Crippen molar-refractivity contribution in [3.05, 3.63) is 37.9 Å². The highest BCUT2D eigenvalue weighted by Gasteiger charge is 2.18. The average molecular weight is 316 g/mol. The number of halogens is 2. The van der Waals surface area contributed by atoms with Crippen molar-refractivity contribution in [3.63, 3.8) is 0 Å². The van der Waals surface area contributed by atoms with Gasteiger partial charge in [0, 0.05) is 17.2 Å². The maximum absolute atomic E-state index is 6.12. The molecule has 0 fully saturated rings. The van der Waals surface area contributed by atoms with Crippen LogP contribution < -0.4 is 5.73 Å². The predicted molar refractivity (Wildman–Crippen MR) is 82.3 cm³/mol. The number of nitrogen functional groups attached to an aromatic ring is 1. The Morgan fingerprint density at radius 1 is 1.21 bits per heavy atom. The molecule has 19 heavy (non-hydrogen) atoms. The number of nitrogens with zero attached hydrogens (tertiary/aromatic N) is 2. The Labute approximate surface area is 126 Å². The second-order valence-corrected chi connectivity index (χ2v) is 7.09. The highest BCUT2D eigenvalue weighted by atomic mass is 35.5. The van der Waals surface area contributed by atoms with Crippen LogP contribution in [-0.2, 0) is 11.8 Å². The van der Waals surface area contributed by atoms with Crippen LogP contribution in [0.2, 0.25) is 10.0 Å². The number of hydrogen-bond donors (Lipinski definition) is 1. The van der Waals surface area contributed by atoms with Gasteiger partial charge in [0.2, 0.25) is 0 Å². The van der Waals surface area contributed by atoms with E-state index in [9.17, 15) is 0 Å². The van der Waals surface area contributed by atoms with Crippen molar-refractivity contribution in [2.45, 2.75) is 32.6 Å². The molecule has 0 unspecified atom stereocenters. The fourth-order valence-electron chi connectivity index (χ4n) is 1.52. The Bertz CT molecular complexity index is 602. The van der Waals surface area contributed by atoms with E-state index in [1.54, 1.807) is 17.4 Å². The molecule has 0 atom stereocenters. The third-order valence-electron chi connectivity index (χ3n) is 2.67.